The van der Waals surface area contributed by atoms with Crippen LogP contribution in [0.25, 0.3) is 0 Å². The maximum Gasteiger partial charge on any atom is 0.191 e. The zero-order valence-electron chi connectivity index (χ0n) is 15.0. The van der Waals surface area contributed by atoms with E-state index in [1.807, 2.05) is 29.1 Å². The van der Waals surface area contributed by atoms with Gasteiger partial charge in [-0.05, 0) is 31.0 Å². The van der Waals surface area contributed by atoms with Crippen LogP contribution in [0.5, 0.6) is 0 Å². The first-order chi connectivity index (χ1) is 12.4. The number of aromatic nitrogens is 2. The van der Waals surface area contributed by atoms with Gasteiger partial charge < -0.3 is 19.8 Å². The lowest BCUT2D eigenvalue weighted by molar-refractivity contribution is 0.187. The van der Waals surface area contributed by atoms with Crippen molar-refractivity contribution in [3.8, 4) is 0 Å². The van der Waals surface area contributed by atoms with Crippen molar-refractivity contribution in [2.24, 2.45) is 10.9 Å². The number of aliphatic imine (C=N–C) groups is 1. The summed E-state index contributed by atoms with van der Waals surface area (Å²) in [7, 11) is 0. The second-order valence-electron chi connectivity index (χ2n) is 6.22. The van der Waals surface area contributed by atoms with E-state index in [4.69, 9.17) is 14.1 Å². The topological polar surface area (TPSA) is 76.6 Å². The standard InChI is InChI=1S/C18H27N5O2.HI/c1-4-17(25-12-1)5-9-20-18(21-14-16-6-13-24-15-16)19-7-2-10-23-11-3-8-22-23;/h1,3-4,8,11-12,16H,2,5-7,9-10,13-15H2,(H2,19,20,21);1H. The summed E-state index contributed by atoms with van der Waals surface area (Å²) in [4.78, 5) is 4.72. The number of rotatable bonds is 9. The van der Waals surface area contributed by atoms with E-state index < -0.39 is 0 Å². The lowest BCUT2D eigenvalue weighted by Crippen LogP contribution is -2.39. The largest absolute Gasteiger partial charge is 0.469 e. The number of halogens is 1. The minimum Gasteiger partial charge on any atom is -0.469 e. The Labute approximate surface area is 171 Å². The summed E-state index contributed by atoms with van der Waals surface area (Å²) in [6.45, 7) is 5.03. The predicted molar refractivity (Wildman–Crippen MR) is 112 cm³/mol. The van der Waals surface area contributed by atoms with Gasteiger partial charge in [0.05, 0.1) is 12.9 Å². The molecular weight excluding hydrogens is 445 g/mol. The zero-order chi connectivity index (χ0) is 17.2. The SMILES string of the molecule is I.c1coc(CCNC(=NCC2CCOC2)NCCCn2cccn2)c1. The Morgan fingerprint density at radius 2 is 2.23 bits per heavy atom. The Morgan fingerprint density at radius 1 is 1.31 bits per heavy atom. The fourth-order valence-electron chi connectivity index (χ4n) is 2.76. The van der Waals surface area contributed by atoms with Crippen LogP contribution in [0.15, 0.2) is 46.3 Å². The van der Waals surface area contributed by atoms with E-state index in [9.17, 15) is 0 Å². The molecule has 144 valence electrons. The molecule has 0 saturated carbocycles. The van der Waals surface area contributed by atoms with Gasteiger partial charge in [-0.15, -0.1) is 24.0 Å². The van der Waals surface area contributed by atoms with Gasteiger partial charge in [0.15, 0.2) is 5.96 Å². The van der Waals surface area contributed by atoms with Crippen molar-refractivity contribution < 1.29 is 9.15 Å². The van der Waals surface area contributed by atoms with Crippen molar-refractivity contribution in [3.63, 3.8) is 0 Å². The monoisotopic (exact) mass is 473 g/mol. The van der Waals surface area contributed by atoms with Crippen LogP contribution in [0.3, 0.4) is 0 Å². The molecule has 1 aliphatic heterocycles. The van der Waals surface area contributed by atoms with Crippen molar-refractivity contribution in [1.82, 2.24) is 20.4 Å². The summed E-state index contributed by atoms with van der Waals surface area (Å²) in [5.74, 6) is 2.38. The first-order valence-electron chi connectivity index (χ1n) is 9.00. The summed E-state index contributed by atoms with van der Waals surface area (Å²) < 4.78 is 12.7. The molecule has 1 atom stereocenters. The van der Waals surface area contributed by atoms with E-state index in [0.29, 0.717) is 5.92 Å². The van der Waals surface area contributed by atoms with Gasteiger partial charge >= 0.3 is 0 Å². The lowest BCUT2D eigenvalue weighted by Gasteiger charge is -2.13. The number of ether oxygens (including phenoxy) is 1. The van der Waals surface area contributed by atoms with Crippen LogP contribution in [0.2, 0.25) is 0 Å². The van der Waals surface area contributed by atoms with Crippen LogP contribution in [0, 0.1) is 5.92 Å². The van der Waals surface area contributed by atoms with Gasteiger partial charge in [-0.1, -0.05) is 0 Å². The van der Waals surface area contributed by atoms with E-state index in [2.05, 4.69) is 15.7 Å². The van der Waals surface area contributed by atoms with Crippen LogP contribution in [0.4, 0.5) is 0 Å². The number of guanidine groups is 1. The third-order valence-corrected chi connectivity index (χ3v) is 4.19. The Morgan fingerprint density at radius 3 is 2.96 bits per heavy atom. The summed E-state index contributed by atoms with van der Waals surface area (Å²) in [6.07, 6.45) is 8.43. The van der Waals surface area contributed by atoms with Gasteiger partial charge in [0.25, 0.3) is 0 Å². The molecule has 0 radical (unpaired) electrons. The number of hydrogen-bond acceptors (Lipinski definition) is 4. The molecule has 7 nitrogen and oxygen atoms in total. The average Bonchev–Trinajstić information content (AvgIpc) is 3.39. The van der Waals surface area contributed by atoms with E-state index in [0.717, 1.165) is 70.4 Å². The minimum absolute atomic E-state index is 0. The molecular formula is C18H28IN5O2. The van der Waals surface area contributed by atoms with Crippen molar-refractivity contribution in [2.45, 2.75) is 25.8 Å². The molecule has 1 fully saturated rings. The Kier molecular flexibility index (Phi) is 9.54. The van der Waals surface area contributed by atoms with Gasteiger partial charge in [-0.25, -0.2) is 0 Å². The first kappa shape index (κ1) is 20.8. The van der Waals surface area contributed by atoms with Gasteiger partial charge in [-0.3, -0.25) is 9.67 Å². The van der Waals surface area contributed by atoms with Crippen LogP contribution in [-0.4, -0.2) is 48.6 Å². The Balaban J connectivity index is 0.00000243. The molecule has 1 unspecified atom stereocenters. The fraction of sp³-hybridized carbons (Fsp3) is 0.556. The van der Waals surface area contributed by atoms with Crippen molar-refractivity contribution in [3.05, 3.63) is 42.6 Å². The first-order valence-corrected chi connectivity index (χ1v) is 9.00. The molecule has 26 heavy (non-hydrogen) atoms. The van der Waals surface area contributed by atoms with Crippen LogP contribution < -0.4 is 10.6 Å². The molecule has 0 bridgehead atoms. The molecule has 2 aromatic rings. The molecule has 1 saturated heterocycles. The normalized spacial score (nSPS) is 17.1. The maximum atomic E-state index is 5.43. The third kappa shape index (κ3) is 7.36. The minimum atomic E-state index is 0. The Hall–Kier alpha value is -1.55. The van der Waals surface area contributed by atoms with Gasteiger partial charge in [0.1, 0.15) is 5.76 Å². The van der Waals surface area contributed by atoms with Crippen LogP contribution in [0.1, 0.15) is 18.6 Å². The molecule has 0 aliphatic carbocycles. The van der Waals surface area contributed by atoms with E-state index in [1.165, 1.54) is 0 Å². The summed E-state index contributed by atoms with van der Waals surface area (Å²) in [6, 6.07) is 5.85. The second-order valence-corrected chi connectivity index (χ2v) is 6.22. The molecule has 2 N–H and O–H groups in total. The molecule has 0 spiro atoms. The van der Waals surface area contributed by atoms with E-state index >= 15 is 0 Å². The molecule has 0 amide bonds. The van der Waals surface area contributed by atoms with Crippen molar-refractivity contribution in [1.29, 1.82) is 0 Å². The molecule has 8 heteroatoms. The molecule has 3 heterocycles. The van der Waals surface area contributed by atoms with E-state index in [-0.39, 0.29) is 24.0 Å². The number of nitrogens with zero attached hydrogens (tertiary/aromatic N) is 3. The van der Waals surface area contributed by atoms with Crippen LogP contribution in [-0.2, 0) is 17.7 Å². The molecule has 2 aromatic heterocycles. The second kappa shape index (κ2) is 11.9. The van der Waals surface area contributed by atoms with Gasteiger partial charge in [-0.2, -0.15) is 5.10 Å². The highest BCUT2D eigenvalue weighted by Gasteiger charge is 2.15. The number of aryl methyl sites for hydroxylation is 1. The maximum absolute atomic E-state index is 5.43. The summed E-state index contributed by atoms with van der Waals surface area (Å²) >= 11 is 0. The number of furan rings is 1. The van der Waals surface area contributed by atoms with Crippen molar-refractivity contribution >= 4 is 29.9 Å². The molecule has 1 aliphatic rings. The predicted octanol–water partition coefficient (Wildman–Crippen LogP) is 2.30. The third-order valence-electron chi connectivity index (χ3n) is 4.19. The molecule has 3 rings (SSSR count). The van der Waals surface area contributed by atoms with Gasteiger partial charge in [0, 0.05) is 57.5 Å². The highest BCUT2D eigenvalue weighted by molar-refractivity contribution is 14.0. The Bertz CT molecular complexity index is 610. The van der Waals surface area contributed by atoms with Gasteiger partial charge in [0.2, 0.25) is 0 Å². The fourth-order valence-corrected chi connectivity index (χ4v) is 2.76. The smallest absolute Gasteiger partial charge is 0.191 e. The lowest BCUT2D eigenvalue weighted by atomic mass is 10.1. The zero-order valence-corrected chi connectivity index (χ0v) is 17.3. The van der Waals surface area contributed by atoms with Crippen molar-refractivity contribution in [2.75, 3.05) is 32.8 Å². The average molecular weight is 473 g/mol. The highest BCUT2D eigenvalue weighted by Crippen LogP contribution is 2.12. The highest BCUT2D eigenvalue weighted by atomic mass is 127. The summed E-state index contributed by atoms with van der Waals surface area (Å²) in [5.41, 5.74) is 0. The quantitative estimate of drug-likeness (QED) is 0.253. The summed E-state index contributed by atoms with van der Waals surface area (Å²) in [5, 5.41) is 11.0. The number of hydrogen-bond donors (Lipinski definition) is 2. The molecule has 0 aromatic carbocycles. The van der Waals surface area contributed by atoms with Crippen LogP contribution >= 0.6 is 24.0 Å². The van der Waals surface area contributed by atoms with E-state index in [1.54, 1.807) is 12.5 Å². The number of nitrogens with one attached hydrogen (secondary N) is 2.